The maximum Gasteiger partial charge on any atom is 0.301 e. The van der Waals surface area contributed by atoms with Gasteiger partial charge >= 0.3 is 5.91 Å². The zero-order valence-electron chi connectivity index (χ0n) is 22.6. The molecule has 0 spiro atoms. The number of rotatable bonds is 6. The highest BCUT2D eigenvalue weighted by Gasteiger charge is 2.49. The molecule has 5 aromatic rings. The number of pyridine rings is 1. The monoisotopic (exact) mass is 635 g/mol. The van der Waals surface area contributed by atoms with Gasteiger partial charge < -0.3 is 9.51 Å². The number of nitrogens with zero attached hydrogens (tertiary/aromatic N) is 5. The molecule has 1 saturated heterocycles. The summed E-state index contributed by atoms with van der Waals surface area (Å²) in [7, 11) is 0. The molecule has 8 nitrogen and oxygen atoms in total. The molecular formula is C30H23Cl2N5O3S2. The largest absolute Gasteiger partial charge is 0.505 e. The second kappa shape index (κ2) is 11.2. The van der Waals surface area contributed by atoms with E-state index in [9.17, 15) is 14.7 Å². The number of carbonyl (C=O) groups excluding carboxylic acids is 2. The summed E-state index contributed by atoms with van der Waals surface area (Å²) in [6, 6.07) is 15.8. The van der Waals surface area contributed by atoms with E-state index in [4.69, 9.17) is 23.2 Å². The van der Waals surface area contributed by atoms with Crippen LogP contribution >= 0.6 is 46.3 Å². The van der Waals surface area contributed by atoms with Gasteiger partial charge in [-0.05, 0) is 55.7 Å². The van der Waals surface area contributed by atoms with Crippen LogP contribution in [0, 0.1) is 20.8 Å². The van der Waals surface area contributed by atoms with Crippen molar-refractivity contribution >= 4 is 74.5 Å². The normalized spacial score (nSPS) is 16.6. The Morgan fingerprint density at radius 3 is 2.50 bits per heavy atom. The zero-order valence-corrected chi connectivity index (χ0v) is 25.8. The number of carbonyl (C=O) groups is 2. The van der Waals surface area contributed by atoms with Crippen LogP contribution in [0.4, 0.5) is 5.13 Å². The topological polar surface area (TPSA) is 101 Å². The lowest BCUT2D eigenvalue weighted by Gasteiger charge is -2.22. The van der Waals surface area contributed by atoms with Crippen LogP contribution in [0.2, 0.25) is 10.0 Å². The molecule has 4 heterocycles. The Labute approximate surface area is 259 Å². The summed E-state index contributed by atoms with van der Waals surface area (Å²) in [6.45, 7) is 5.73. The van der Waals surface area contributed by atoms with Crippen molar-refractivity contribution in [1.29, 1.82) is 0 Å². The summed E-state index contributed by atoms with van der Waals surface area (Å²) < 4.78 is 2.46. The van der Waals surface area contributed by atoms with Gasteiger partial charge in [0.15, 0.2) is 10.1 Å². The Morgan fingerprint density at radius 2 is 1.79 bits per heavy atom. The minimum absolute atomic E-state index is 0.119. The lowest BCUT2D eigenvalue weighted by molar-refractivity contribution is -0.132. The number of aromatic nitrogens is 4. The molecule has 1 aliphatic rings. The highest BCUT2D eigenvalue weighted by atomic mass is 35.5. The van der Waals surface area contributed by atoms with Gasteiger partial charge in [0.2, 0.25) is 5.13 Å². The summed E-state index contributed by atoms with van der Waals surface area (Å²) in [5.41, 5.74) is 5.01. The van der Waals surface area contributed by atoms with Gasteiger partial charge in [0, 0.05) is 11.9 Å². The van der Waals surface area contributed by atoms with E-state index in [1.807, 2.05) is 48.7 Å². The van der Waals surface area contributed by atoms with E-state index in [1.54, 1.807) is 25.1 Å². The fraction of sp³-hybridized carbons (Fsp3) is 0.167. The molecule has 42 heavy (non-hydrogen) atoms. The molecular weight excluding hydrogens is 613 g/mol. The number of aliphatic hydroxyl groups is 1. The maximum atomic E-state index is 13.6. The lowest BCUT2D eigenvalue weighted by Crippen LogP contribution is -2.29. The minimum Gasteiger partial charge on any atom is -0.505 e. The third-order valence-corrected chi connectivity index (χ3v) is 9.96. The number of anilines is 1. The Morgan fingerprint density at radius 1 is 1.02 bits per heavy atom. The molecule has 1 N–H and O–H groups in total. The number of hydrogen-bond donors (Lipinski definition) is 1. The summed E-state index contributed by atoms with van der Waals surface area (Å²) in [4.78, 5) is 33.1. The van der Waals surface area contributed by atoms with Crippen LogP contribution in [0.1, 0.15) is 39.7 Å². The van der Waals surface area contributed by atoms with Crippen LogP contribution < -0.4 is 4.90 Å². The Kier molecular flexibility index (Phi) is 7.57. The SMILES string of the molecule is Cc1ccc(CSc2nnc(N3C(=O)C(=O)C(=C(O)c4nc5c(C)cccn5c4C)C3c3ccc(Cl)c(Cl)c3)s2)cc1. The fourth-order valence-electron chi connectivity index (χ4n) is 4.89. The highest BCUT2D eigenvalue weighted by Crippen LogP contribution is 2.45. The average molecular weight is 637 g/mol. The van der Waals surface area contributed by atoms with E-state index in [0.717, 1.165) is 11.1 Å². The number of Topliss-reactive ketones (excluding diaryl/α,β-unsaturated/α-hetero) is 1. The van der Waals surface area contributed by atoms with Gasteiger partial charge in [-0.2, -0.15) is 0 Å². The predicted octanol–water partition coefficient (Wildman–Crippen LogP) is 7.34. The number of amides is 1. The average Bonchev–Trinajstić information content (AvgIpc) is 3.65. The molecule has 1 unspecified atom stereocenters. The molecule has 6 rings (SSSR count). The fourth-order valence-corrected chi connectivity index (χ4v) is 7.02. The van der Waals surface area contributed by atoms with Gasteiger partial charge in [0.25, 0.3) is 5.78 Å². The van der Waals surface area contributed by atoms with Crippen LogP contribution in [-0.4, -0.2) is 36.4 Å². The van der Waals surface area contributed by atoms with Crippen molar-refractivity contribution in [2.24, 2.45) is 0 Å². The number of ketones is 1. The van der Waals surface area contributed by atoms with Crippen molar-refractivity contribution in [3.63, 3.8) is 0 Å². The Bertz CT molecular complexity index is 1920. The number of fused-ring (bicyclic) bond motifs is 1. The van der Waals surface area contributed by atoms with Crippen LogP contribution in [0.5, 0.6) is 0 Å². The number of hydrogen-bond acceptors (Lipinski definition) is 8. The van der Waals surface area contributed by atoms with Crippen molar-refractivity contribution in [1.82, 2.24) is 19.6 Å². The van der Waals surface area contributed by atoms with Crippen LogP contribution in [-0.2, 0) is 15.3 Å². The zero-order chi connectivity index (χ0) is 29.7. The lowest BCUT2D eigenvalue weighted by atomic mass is 9.96. The van der Waals surface area contributed by atoms with E-state index < -0.39 is 17.7 Å². The first-order valence-corrected chi connectivity index (χ1v) is 15.4. The second-order valence-corrected chi connectivity index (χ2v) is 12.9. The molecule has 212 valence electrons. The molecule has 0 saturated carbocycles. The predicted molar refractivity (Wildman–Crippen MR) is 167 cm³/mol. The summed E-state index contributed by atoms with van der Waals surface area (Å²) >= 11 is 15.2. The number of imidazole rings is 1. The van der Waals surface area contributed by atoms with Gasteiger partial charge in [-0.3, -0.25) is 14.5 Å². The molecule has 0 aliphatic carbocycles. The van der Waals surface area contributed by atoms with E-state index >= 15 is 0 Å². The second-order valence-electron chi connectivity index (χ2n) is 9.90. The molecule has 0 bridgehead atoms. The number of aliphatic hydroxyl groups excluding tert-OH is 1. The smallest absolute Gasteiger partial charge is 0.301 e. The van der Waals surface area contributed by atoms with Gasteiger partial charge in [-0.15, -0.1) is 10.2 Å². The molecule has 1 amide bonds. The standard InChI is InChI=1S/C30H23Cl2N5O3S2/c1-15-6-8-18(9-7-15)14-41-30-35-34-29(42-30)37-24(19-10-11-20(31)21(32)13-19)22(26(39)28(37)40)25(38)23-17(3)36-12-4-5-16(2)27(36)33-23/h4-13,24,38H,14H2,1-3H3. The molecule has 2 aromatic carbocycles. The van der Waals surface area contributed by atoms with E-state index in [1.165, 1.54) is 33.6 Å². The number of benzene rings is 2. The summed E-state index contributed by atoms with van der Waals surface area (Å²) in [5.74, 6) is -1.42. The highest BCUT2D eigenvalue weighted by molar-refractivity contribution is 8.00. The van der Waals surface area contributed by atoms with E-state index in [0.29, 0.717) is 32.0 Å². The Balaban J connectivity index is 1.45. The number of aryl methyl sites for hydroxylation is 3. The molecule has 3 aromatic heterocycles. The van der Waals surface area contributed by atoms with Crippen molar-refractivity contribution in [2.75, 3.05) is 4.90 Å². The molecule has 1 aliphatic heterocycles. The third-order valence-electron chi connectivity index (χ3n) is 7.10. The van der Waals surface area contributed by atoms with Crippen molar-refractivity contribution < 1.29 is 14.7 Å². The summed E-state index contributed by atoms with van der Waals surface area (Å²) in [6.07, 6.45) is 1.83. The quantitative estimate of drug-likeness (QED) is 0.0685. The van der Waals surface area contributed by atoms with E-state index in [2.05, 4.69) is 27.3 Å². The minimum atomic E-state index is -1.03. The van der Waals surface area contributed by atoms with Gasteiger partial charge in [-0.1, -0.05) is 88.3 Å². The van der Waals surface area contributed by atoms with E-state index in [-0.39, 0.29) is 27.2 Å². The van der Waals surface area contributed by atoms with Crippen LogP contribution in [0.25, 0.3) is 11.4 Å². The Hall–Kier alpha value is -3.70. The van der Waals surface area contributed by atoms with Crippen LogP contribution in [0.3, 0.4) is 0 Å². The van der Waals surface area contributed by atoms with Crippen LogP contribution in [0.15, 0.2) is 70.7 Å². The molecule has 0 radical (unpaired) electrons. The molecule has 12 heteroatoms. The molecule has 1 atom stereocenters. The first-order valence-electron chi connectivity index (χ1n) is 12.9. The van der Waals surface area contributed by atoms with Gasteiger partial charge in [-0.25, -0.2) is 4.98 Å². The first-order chi connectivity index (χ1) is 20.1. The third kappa shape index (κ3) is 4.98. The van der Waals surface area contributed by atoms with Crippen molar-refractivity contribution in [3.05, 3.63) is 110 Å². The van der Waals surface area contributed by atoms with Gasteiger partial charge in [0.05, 0.1) is 27.4 Å². The van der Waals surface area contributed by atoms with Crippen molar-refractivity contribution in [3.8, 4) is 0 Å². The maximum absolute atomic E-state index is 13.6. The number of thioether (sulfide) groups is 1. The number of halogens is 2. The van der Waals surface area contributed by atoms with Crippen molar-refractivity contribution in [2.45, 2.75) is 36.9 Å². The summed E-state index contributed by atoms with van der Waals surface area (Å²) in [5, 5.41) is 21.0. The molecule has 1 fully saturated rings. The first kappa shape index (κ1) is 28.4. The van der Waals surface area contributed by atoms with Gasteiger partial charge in [0.1, 0.15) is 11.3 Å².